The van der Waals surface area contributed by atoms with Gasteiger partial charge in [-0.3, -0.25) is 14.4 Å². The summed E-state index contributed by atoms with van der Waals surface area (Å²) < 4.78 is 9.78. The molecule has 2 N–H and O–H groups in total. The van der Waals surface area contributed by atoms with Crippen LogP contribution in [0.2, 0.25) is 0 Å². The van der Waals surface area contributed by atoms with Crippen molar-refractivity contribution in [2.24, 2.45) is 0 Å². The van der Waals surface area contributed by atoms with Crippen LogP contribution in [0.5, 0.6) is 0 Å². The van der Waals surface area contributed by atoms with Crippen molar-refractivity contribution in [1.29, 1.82) is 0 Å². The molecule has 0 aliphatic heterocycles. The molecule has 22 heavy (non-hydrogen) atoms. The summed E-state index contributed by atoms with van der Waals surface area (Å²) in [6.07, 6.45) is 0.680. The van der Waals surface area contributed by atoms with Gasteiger partial charge in [-0.2, -0.15) is 0 Å². The highest BCUT2D eigenvalue weighted by Crippen LogP contribution is 2.00. The third-order valence-electron chi connectivity index (χ3n) is 2.84. The van der Waals surface area contributed by atoms with E-state index in [0.717, 1.165) is 0 Å². The average Bonchev–Trinajstić information content (AvgIpc) is 2.49. The molecule has 0 rings (SSSR count). The minimum absolute atomic E-state index is 0.0224. The van der Waals surface area contributed by atoms with Crippen LogP contribution in [0, 0.1) is 0 Å². The molecule has 0 radical (unpaired) electrons. The second-order valence-electron chi connectivity index (χ2n) is 4.64. The third-order valence-corrected chi connectivity index (χ3v) is 2.84. The number of Topliss-reactive ketones (excluding diaryl/α,β-unsaturated/α-hetero) is 1. The lowest BCUT2D eigenvalue weighted by atomic mass is 10.1. The number of amides is 1. The highest BCUT2D eigenvalue weighted by Gasteiger charge is 2.19. The molecule has 126 valence electrons. The van der Waals surface area contributed by atoms with Gasteiger partial charge in [0.15, 0.2) is 0 Å². The van der Waals surface area contributed by atoms with Gasteiger partial charge < -0.3 is 24.9 Å². The second-order valence-corrected chi connectivity index (χ2v) is 4.64. The lowest BCUT2D eigenvalue weighted by molar-refractivity contribution is -0.154. The Balaban J connectivity index is 3.88. The first-order valence-electron chi connectivity index (χ1n) is 7.10. The minimum Gasteiger partial charge on any atom is -0.462 e. The van der Waals surface area contributed by atoms with E-state index in [-0.39, 0.29) is 44.2 Å². The second kappa shape index (κ2) is 11.7. The highest BCUT2D eigenvalue weighted by atomic mass is 16.6. The van der Waals surface area contributed by atoms with Gasteiger partial charge in [0, 0.05) is 19.9 Å². The van der Waals surface area contributed by atoms with Crippen LogP contribution in [-0.2, 0) is 28.7 Å². The molecule has 0 saturated carbocycles. The molecule has 1 amide bonds. The number of hydrogen-bond donors (Lipinski definition) is 2. The number of nitrogens with one attached hydrogen (secondary N) is 2. The van der Waals surface area contributed by atoms with E-state index in [0.29, 0.717) is 6.42 Å². The van der Waals surface area contributed by atoms with Crippen molar-refractivity contribution in [2.45, 2.75) is 38.6 Å². The number of ketones is 1. The number of rotatable bonds is 11. The van der Waals surface area contributed by atoms with Crippen molar-refractivity contribution in [2.75, 3.05) is 27.3 Å². The van der Waals surface area contributed by atoms with E-state index in [2.05, 4.69) is 10.6 Å². The van der Waals surface area contributed by atoms with Crippen LogP contribution >= 0.6 is 0 Å². The number of esters is 2. The fourth-order valence-electron chi connectivity index (χ4n) is 1.53. The predicted octanol–water partition coefficient (Wildman–Crippen LogP) is -0.444. The van der Waals surface area contributed by atoms with E-state index in [1.807, 2.05) is 0 Å². The molecule has 0 heterocycles. The van der Waals surface area contributed by atoms with Crippen LogP contribution in [-0.4, -0.2) is 57.0 Å². The first-order chi connectivity index (χ1) is 10.4. The molecule has 0 aliphatic rings. The molecule has 8 nitrogen and oxygen atoms in total. The maximum atomic E-state index is 11.7. The van der Waals surface area contributed by atoms with Gasteiger partial charge in [0.1, 0.15) is 25.0 Å². The molecule has 0 bridgehead atoms. The summed E-state index contributed by atoms with van der Waals surface area (Å²) in [6, 6.07) is -0.592. The SMILES string of the molecule is CNC(=O)CCC(NC)C(=O)OCCOC(=O)CCC(C)=O. The fraction of sp³-hybridized carbons (Fsp3) is 0.714. The molecular formula is C14H24N2O6. The van der Waals surface area contributed by atoms with Crippen LogP contribution in [0.4, 0.5) is 0 Å². The normalized spacial score (nSPS) is 11.4. The Morgan fingerprint density at radius 1 is 0.955 bits per heavy atom. The highest BCUT2D eigenvalue weighted by molar-refractivity contribution is 5.81. The minimum atomic E-state index is -0.592. The van der Waals surface area contributed by atoms with Crippen LogP contribution in [0.1, 0.15) is 32.6 Å². The Morgan fingerprint density at radius 2 is 1.59 bits per heavy atom. The van der Waals surface area contributed by atoms with Crippen molar-refractivity contribution in [3.05, 3.63) is 0 Å². The number of ether oxygens (including phenoxy) is 2. The van der Waals surface area contributed by atoms with Gasteiger partial charge in [0.25, 0.3) is 0 Å². The molecule has 0 aromatic heterocycles. The Labute approximate surface area is 129 Å². The molecular weight excluding hydrogens is 292 g/mol. The van der Waals surface area contributed by atoms with Gasteiger partial charge in [-0.25, -0.2) is 0 Å². The monoisotopic (exact) mass is 316 g/mol. The molecule has 0 aromatic rings. The Morgan fingerprint density at radius 3 is 2.14 bits per heavy atom. The average molecular weight is 316 g/mol. The predicted molar refractivity (Wildman–Crippen MR) is 78.0 cm³/mol. The van der Waals surface area contributed by atoms with Crippen LogP contribution < -0.4 is 10.6 Å². The number of hydrogen-bond acceptors (Lipinski definition) is 7. The zero-order valence-corrected chi connectivity index (χ0v) is 13.3. The number of carbonyl (C=O) groups is 4. The topological polar surface area (TPSA) is 111 Å². The summed E-state index contributed by atoms with van der Waals surface area (Å²) in [5, 5.41) is 5.23. The van der Waals surface area contributed by atoms with Crippen LogP contribution in [0.3, 0.4) is 0 Å². The van der Waals surface area contributed by atoms with E-state index in [1.165, 1.54) is 14.0 Å². The summed E-state index contributed by atoms with van der Waals surface area (Å²) in [5.41, 5.74) is 0. The van der Waals surface area contributed by atoms with Gasteiger partial charge >= 0.3 is 11.9 Å². The van der Waals surface area contributed by atoms with Gasteiger partial charge in [-0.05, 0) is 20.4 Å². The molecule has 1 unspecified atom stereocenters. The summed E-state index contributed by atoms with van der Waals surface area (Å²) in [5.74, 6) is -1.26. The Kier molecular flexibility index (Phi) is 10.6. The first-order valence-corrected chi connectivity index (χ1v) is 7.10. The quantitative estimate of drug-likeness (QED) is 0.392. The van der Waals surface area contributed by atoms with E-state index >= 15 is 0 Å². The van der Waals surface area contributed by atoms with E-state index in [1.54, 1.807) is 7.05 Å². The largest absolute Gasteiger partial charge is 0.462 e. The fourth-order valence-corrected chi connectivity index (χ4v) is 1.53. The molecule has 0 aliphatic carbocycles. The molecule has 0 aromatic carbocycles. The van der Waals surface area contributed by atoms with E-state index < -0.39 is 18.0 Å². The summed E-state index contributed by atoms with van der Waals surface area (Å²) in [6.45, 7) is 1.27. The molecule has 8 heteroatoms. The van der Waals surface area contributed by atoms with Crippen molar-refractivity contribution < 1.29 is 28.7 Å². The number of likely N-dealkylation sites (N-methyl/N-ethyl adjacent to an activating group) is 1. The van der Waals surface area contributed by atoms with Gasteiger partial charge in [0.2, 0.25) is 5.91 Å². The van der Waals surface area contributed by atoms with Crippen molar-refractivity contribution in [1.82, 2.24) is 10.6 Å². The van der Waals surface area contributed by atoms with E-state index in [9.17, 15) is 19.2 Å². The van der Waals surface area contributed by atoms with Crippen molar-refractivity contribution in [3.63, 3.8) is 0 Å². The smallest absolute Gasteiger partial charge is 0.323 e. The van der Waals surface area contributed by atoms with Crippen molar-refractivity contribution >= 4 is 23.6 Å². The lowest BCUT2D eigenvalue weighted by Crippen LogP contribution is -2.37. The zero-order valence-electron chi connectivity index (χ0n) is 13.3. The Hall–Kier alpha value is -1.96. The van der Waals surface area contributed by atoms with Crippen LogP contribution in [0.15, 0.2) is 0 Å². The standard InChI is InChI=1S/C14H24N2O6/c1-10(17)4-7-13(19)21-8-9-22-14(20)11(15-2)5-6-12(18)16-3/h11,15H,4-9H2,1-3H3,(H,16,18). The third kappa shape index (κ3) is 9.87. The molecule has 0 saturated heterocycles. The summed E-state index contributed by atoms with van der Waals surface area (Å²) in [7, 11) is 3.12. The van der Waals surface area contributed by atoms with Gasteiger partial charge in [-0.1, -0.05) is 0 Å². The first kappa shape index (κ1) is 20.0. The lowest BCUT2D eigenvalue weighted by Gasteiger charge is -2.14. The summed E-state index contributed by atoms with van der Waals surface area (Å²) in [4.78, 5) is 44.8. The van der Waals surface area contributed by atoms with Crippen LogP contribution in [0.25, 0.3) is 0 Å². The zero-order chi connectivity index (χ0) is 17.0. The van der Waals surface area contributed by atoms with Crippen molar-refractivity contribution in [3.8, 4) is 0 Å². The summed E-state index contributed by atoms with van der Waals surface area (Å²) >= 11 is 0. The molecule has 0 fully saturated rings. The molecule has 0 spiro atoms. The Bertz CT molecular complexity index is 397. The van der Waals surface area contributed by atoms with E-state index in [4.69, 9.17) is 9.47 Å². The molecule has 1 atom stereocenters. The maximum Gasteiger partial charge on any atom is 0.323 e. The maximum absolute atomic E-state index is 11.7. The van der Waals surface area contributed by atoms with Gasteiger partial charge in [-0.15, -0.1) is 0 Å². The number of carbonyl (C=O) groups excluding carboxylic acids is 4. The van der Waals surface area contributed by atoms with Gasteiger partial charge in [0.05, 0.1) is 6.42 Å².